The molecule has 88 valence electrons. The maximum absolute atomic E-state index is 5.54. The Morgan fingerprint density at radius 3 is 2.71 bits per heavy atom. The van der Waals surface area contributed by atoms with Crippen LogP contribution in [0.2, 0.25) is 0 Å². The highest BCUT2D eigenvalue weighted by Crippen LogP contribution is 2.45. The van der Waals surface area contributed by atoms with Crippen LogP contribution < -0.4 is 5.32 Å². The summed E-state index contributed by atoms with van der Waals surface area (Å²) in [6.45, 7) is 4.10. The zero-order valence-electron chi connectivity index (χ0n) is 9.61. The number of rotatable bonds is 2. The molecule has 0 amide bonds. The van der Waals surface area contributed by atoms with E-state index in [0.717, 1.165) is 32.2 Å². The fourth-order valence-corrected chi connectivity index (χ4v) is 4.04. The zero-order chi connectivity index (χ0) is 11.3. The molecule has 3 heterocycles. The Hall–Kier alpha value is -0.900. The summed E-state index contributed by atoms with van der Waals surface area (Å²) in [7, 11) is 0. The fourth-order valence-electron chi connectivity index (χ4n) is 2.98. The molecule has 1 N–H and O–H groups in total. The first-order valence-electron chi connectivity index (χ1n) is 6.15. The van der Waals surface area contributed by atoms with E-state index in [1.54, 1.807) is 0 Å². The van der Waals surface area contributed by atoms with Crippen molar-refractivity contribution in [2.75, 3.05) is 26.3 Å². The van der Waals surface area contributed by atoms with Crippen LogP contribution in [0.3, 0.4) is 0 Å². The van der Waals surface area contributed by atoms with Crippen molar-refractivity contribution in [3.8, 4) is 0 Å². The SMILES string of the molecule is c1ccc2c(C3(C4CNC4)COC3)csc2c1. The second-order valence-corrected chi connectivity index (χ2v) is 6.06. The maximum atomic E-state index is 5.54. The smallest absolute Gasteiger partial charge is 0.0589 e. The summed E-state index contributed by atoms with van der Waals surface area (Å²) >= 11 is 1.87. The molecule has 2 saturated heterocycles. The third-order valence-electron chi connectivity index (χ3n) is 4.30. The molecule has 2 aromatic rings. The largest absolute Gasteiger partial charge is 0.379 e. The van der Waals surface area contributed by atoms with Gasteiger partial charge in [0.2, 0.25) is 0 Å². The third kappa shape index (κ3) is 1.27. The summed E-state index contributed by atoms with van der Waals surface area (Å²) in [4.78, 5) is 0. The first-order valence-corrected chi connectivity index (χ1v) is 7.03. The van der Waals surface area contributed by atoms with Gasteiger partial charge in [0, 0.05) is 23.2 Å². The molecule has 2 nitrogen and oxygen atoms in total. The van der Waals surface area contributed by atoms with Gasteiger partial charge in [-0.25, -0.2) is 0 Å². The highest BCUT2D eigenvalue weighted by molar-refractivity contribution is 7.17. The summed E-state index contributed by atoms with van der Waals surface area (Å²) in [6, 6.07) is 8.74. The summed E-state index contributed by atoms with van der Waals surface area (Å²) in [5, 5.41) is 7.18. The molecule has 0 saturated carbocycles. The molecule has 1 aromatic heterocycles. The van der Waals surface area contributed by atoms with E-state index in [0.29, 0.717) is 5.41 Å². The van der Waals surface area contributed by atoms with Crippen LogP contribution in [0.25, 0.3) is 10.1 Å². The average molecular weight is 245 g/mol. The number of hydrogen-bond acceptors (Lipinski definition) is 3. The highest BCUT2D eigenvalue weighted by atomic mass is 32.1. The van der Waals surface area contributed by atoms with Crippen molar-refractivity contribution in [1.29, 1.82) is 0 Å². The molecule has 1 aromatic carbocycles. The van der Waals surface area contributed by atoms with Crippen LogP contribution >= 0.6 is 11.3 Å². The minimum atomic E-state index is 0.296. The van der Waals surface area contributed by atoms with Crippen LogP contribution in [-0.4, -0.2) is 26.3 Å². The minimum Gasteiger partial charge on any atom is -0.379 e. The first kappa shape index (κ1) is 10.1. The quantitative estimate of drug-likeness (QED) is 0.877. The van der Waals surface area contributed by atoms with Crippen LogP contribution in [0, 0.1) is 5.92 Å². The number of benzene rings is 1. The van der Waals surface area contributed by atoms with Gasteiger partial charge < -0.3 is 10.1 Å². The van der Waals surface area contributed by atoms with Crippen molar-refractivity contribution < 1.29 is 4.74 Å². The van der Waals surface area contributed by atoms with Crippen molar-refractivity contribution in [1.82, 2.24) is 5.32 Å². The zero-order valence-corrected chi connectivity index (χ0v) is 10.4. The van der Waals surface area contributed by atoms with Gasteiger partial charge in [-0.15, -0.1) is 11.3 Å². The average Bonchev–Trinajstić information content (AvgIpc) is 2.64. The Morgan fingerprint density at radius 2 is 2.06 bits per heavy atom. The number of ether oxygens (including phenoxy) is 1. The molecule has 2 aliphatic heterocycles. The van der Waals surface area contributed by atoms with Crippen LogP contribution in [0.1, 0.15) is 5.56 Å². The molecule has 17 heavy (non-hydrogen) atoms. The lowest BCUT2D eigenvalue weighted by Crippen LogP contribution is -2.62. The second-order valence-electron chi connectivity index (χ2n) is 5.15. The maximum Gasteiger partial charge on any atom is 0.0589 e. The van der Waals surface area contributed by atoms with E-state index in [1.807, 2.05) is 11.3 Å². The van der Waals surface area contributed by atoms with Gasteiger partial charge in [-0.1, -0.05) is 18.2 Å². The van der Waals surface area contributed by atoms with Crippen molar-refractivity contribution >= 4 is 21.4 Å². The van der Waals surface area contributed by atoms with E-state index in [2.05, 4.69) is 35.0 Å². The van der Waals surface area contributed by atoms with Gasteiger partial charge in [-0.05, 0) is 28.3 Å². The minimum absolute atomic E-state index is 0.296. The lowest BCUT2D eigenvalue weighted by atomic mass is 9.66. The molecule has 3 heteroatoms. The van der Waals surface area contributed by atoms with E-state index in [4.69, 9.17) is 4.74 Å². The van der Waals surface area contributed by atoms with Crippen molar-refractivity contribution in [2.24, 2.45) is 5.92 Å². The van der Waals surface area contributed by atoms with E-state index in [9.17, 15) is 0 Å². The molecule has 0 radical (unpaired) electrons. The van der Waals surface area contributed by atoms with E-state index >= 15 is 0 Å². The predicted octanol–water partition coefficient (Wildman–Crippen LogP) is 2.39. The molecular weight excluding hydrogens is 230 g/mol. The van der Waals surface area contributed by atoms with Crippen LogP contribution in [0.5, 0.6) is 0 Å². The fraction of sp³-hybridized carbons (Fsp3) is 0.429. The van der Waals surface area contributed by atoms with Gasteiger partial charge in [0.25, 0.3) is 0 Å². The molecule has 0 bridgehead atoms. The normalized spacial score (nSPS) is 23.3. The Bertz CT molecular complexity index is 554. The highest BCUT2D eigenvalue weighted by Gasteiger charge is 2.50. The summed E-state index contributed by atoms with van der Waals surface area (Å²) < 4.78 is 6.95. The standard InChI is InChI=1S/C14H15NOS/c1-2-4-13-11(3-1)12(7-17-13)14(8-16-9-14)10-5-15-6-10/h1-4,7,10,15H,5-6,8-9H2. The van der Waals surface area contributed by atoms with Crippen LogP contribution in [0.15, 0.2) is 29.6 Å². The summed E-state index contributed by atoms with van der Waals surface area (Å²) in [5.74, 6) is 0.759. The molecule has 4 rings (SSSR count). The molecule has 0 atom stereocenters. The predicted molar refractivity (Wildman–Crippen MR) is 70.7 cm³/mol. The van der Waals surface area contributed by atoms with Crippen molar-refractivity contribution in [3.63, 3.8) is 0 Å². The Kier molecular flexibility index (Phi) is 2.10. The van der Waals surface area contributed by atoms with E-state index in [-0.39, 0.29) is 0 Å². The third-order valence-corrected chi connectivity index (χ3v) is 5.26. The van der Waals surface area contributed by atoms with Crippen molar-refractivity contribution in [2.45, 2.75) is 5.41 Å². The van der Waals surface area contributed by atoms with Gasteiger partial charge in [0.05, 0.1) is 13.2 Å². The number of hydrogen-bond donors (Lipinski definition) is 1. The van der Waals surface area contributed by atoms with Gasteiger partial charge in [0.1, 0.15) is 0 Å². The molecule has 2 fully saturated rings. The molecule has 0 unspecified atom stereocenters. The number of thiophene rings is 1. The molecule has 2 aliphatic rings. The van der Waals surface area contributed by atoms with E-state index in [1.165, 1.54) is 15.6 Å². The molecular formula is C14H15NOS. The molecule has 0 spiro atoms. The summed E-state index contributed by atoms with van der Waals surface area (Å²) in [6.07, 6.45) is 0. The Morgan fingerprint density at radius 1 is 1.24 bits per heavy atom. The van der Waals surface area contributed by atoms with Gasteiger partial charge in [-0.2, -0.15) is 0 Å². The number of fused-ring (bicyclic) bond motifs is 1. The molecule has 0 aliphatic carbocycles. The van der Waals surface area contributed by atoms with Gasteiger partial charge in [0.15, 0.2) is 0 Å². The lowest BCUT2D eigenvalue weighted by molar-refractivity contribution is -0.100. The Labute approximate surface area is 105 Å². The van der Waals surface area contributed by atoms with Crippen LogP contribution in [-0.2, 0) is 10.2 Å². The summed E-state index contributed by atoms with van der Waals surface area (Å²) in [5.41, 5.74) is 1.82. The van der Waals surface area contributed by atoms with Crippen molar-refractivity contribution in [3.05, 3.63) is 35.2 Å². The Balaban J connectivity index is 1.86. The van der Waals surface area contributed by atoms with E-state index < -0.39 is 0 Å². The van der Waals surface area contributed by atoms with Gasteiger partial charge >= 0.3 is 0 Å². The number of nitrogens with one attached hydrogen (secondary N) is 1. The topological polar surface area (TPSA) is 21.3 Å². The monoisotopic (exact) mass is 245 g/mol. The first-order chi connectivity index (χ1) is 8.40. The van der Waals surface area contributed by atoms with Gasteiger partial charge in [-0.3, -0.25) is 0 Å². The van der Waals surface area contributed by atoms with Crippen LogP contribution in [0.4, 0.5) is 0 Å². The lowest BCUT2D eigenvalue weighted by Gasteiger charge is -2.51. The second kappa shape index (κ2) is 3.55.